The van der Waals surface area contributed by atoms with Crippen LogP contribution in [0.4, 0.5) is 10.1 Å². The zero-order valence-electron chi connectivity index (χ0n) is 14.1. The second-order valence-corrected chi connectivity index (χ2v) is 6.81. The van der Waals surface area contributed by atoms with Crippen LogP contribution >= 0.6 is 15.9 Å². The molecule has 0 aliphatic rings. The second-order valence-electron chi connectivity index (χ2n) is 5.89. The summed E-state index contributed by atoms with van der Waals surface area (Å²) in [7, 11) is 0. The lowest BCUT2D eigenvalue weighted by molar-refractivity contribution is -0.383. The molecule has 138 valence electrons. The van der Waals surface area contributed by atoms with Crippen LogP contribution in [-0.2, 0) is 6.54 Å². The SMILES string of the molecule is C=CCN(Cc1cc(Br)ccc1F)C(=O)c1cc2cccc([N+](=O)[O-])c2[nH]1. The summed E-state index contributed by atoms with van der Waals surface area (Å²) >= 11 is 3.29. The van der Waals surface area contributed by atoms with Gasteiger partial charge in [0.05, 0.1) is 4.92 Å². The summed E-state index contributed by atoms with van der Waals surface area (Å²) < 4.78 is 14.8. The Balaban J connectivity index is 1.96. The molecule has 1 amide bonds. The standard InChI is InChI=1S/C19H15BrFN3O3/c1-2-8-23(11-13-9-14(20)6-7-15(13)21)19(25)16-10-12-4-3-5-17(24(26)27)18(12)22-16/h2-7,9-10,22H,1,8,11H2. The summed E-state index contributed by atoms with van der Waals surface area (Å²) in [6.07, 6.45) is 1.54. The van der Waals surface area contributed by atoms with Crippen molar-refractivity contribution in [2.75, 3.05) is 6.54 Å². The van der Waals surface area contributed by atoms with Crippen molar-refractivity contribution in [1.82, 2.24) is 9.88 Å². The maximum Gasteiger partial charge on any atom is 0.293 e. The van der Waals surface area contributed by atoms with Crippen molar-refractivity contribution < 1.29 is 14.1 Å². The number of H-pyrrole nitrogens is 1. The summed E-state index contributed by atoms with van der Waals surface area (Å²) in [6, 6.07) is 10.7. The van der Waals surface area contributed by atoms with Crippen molar-refractivity contribution in [2.24, 2.45) is 0 Å². The van der Waals surface area contributed by atoms with Crippen molar-refractivity contribution in [3.05, 3.63) is 86.8 Å². The Kier molecular flexibility index (Phi) is 5.36. The number of amides is 1. The van der Waals surface area contributed by atoms with Gasteiger partial charge in [-0.15, -0.1) is 6.58 Å². The fourth-order valence-electron chi connectivity index (χ4n) is 2.82. The van der Waals surface area contributed by atoms with Crippen LogP contribution in [0.3, 0.4) is 0 Å². The van der Waals surface area contributed by atoms with Crippen molar-refractivity contribution in [3.63, 3.8) is 0 Å². The number of hydrogen-bond donors (Lipinski definition) is 1. The number of hydrogen-bond acceptors (Lipinski definition) is 3. The molecular weight excluding hydrogens is 417 g/mol. The Hall–Kier alpha value is -3.00. The van der Waals surface area contributed by atoms with E-state index in [1.54, 1.807) is 36.4 Å². The van der Waals surface area contributed by atoms with Crippen molar-refractivity contribution in [1.29, 1.82) is 0 Å². The van der Waals surface area contributed by atoms with E-state index in [0.29, 0.717) is 15.4 Å². The monoisotopic (exact) mass is 431 g/mol. The number of halogens is 2. The number of carbonyl (C=O) groups is 1. The lowest BCUT2D eigenvalue weighted by atomic mass is 10.2. The summed E-state index contributed by atoms with van der Waals surface area (Å²) in [4.78, 5) is 27.8. The lowest BCUT2D eigenvalue weighted by Crippen LogP contribution is -2.31. The molecule has 0 aliphatic heterocycles. The van der Waals surface area contributed by atoms with Crippen LogP contribution in [0.15, 0.2) is 59.6 Å². The predicted octanol–water partition coefficient (Wildman–Crippen LogP) is 4.81. The number of non-ortho nitro benzene ring substituents is 1. The van der Waals surface area contributed by atoms with E-state index >= 15 is 0 Å². The number of benzene rings is 2. The molecule has 0 saturated heterocycles. The van der Waals surface area contributed by atoms with Gasteiger partial charge in [-0.25, -0.2) is 4.39 Å². The molecule has 0 fully saturated rings. The Morgan fingerprint density at radius 2 is 2.11 bits per heavy atom. The molecule has 1 N–H and O–H groups in total. The van der Waals surface area contributed by atoms with Gasteiger partial charge in [-0.3, -0.25) is 14.9 Å². The maximum absolute atomic E-state index is 14.1. The number of nitrogens with one attached hydrogen (secondary N) is 1. The number of fused-ring (bicyclic) bond motifs is 1. The minimum atomic E-state index is -0.508. The third kappa shape index (κ3) is 3.90. The fraction of sp³-hybridized carbons (Fsp3) is 0.105. The molecular formula is C19H15BrFN3O3. The number of nitro groups is 1. The molecule has 0 aliphatic carbocycles. The molecule has 3 aromatic rings. The number of para-hydroxylation sites is 1. The molecule has 0 atom stereocenters. The van der Waals surface area contributed by atoms with Gasteiger partial charge in [0.2, 0.25) is 0 Å². The number of nitrogens with zero attached hydrogens (tertiary/aromatic N) is 2. The molecule has 1 aromatic heterocycles. The van der Waals surface area contributed by atoms with E-state index in [1.165, 1.54) is 17.0 Å². The summed E-state index contributed by atoms with van der Waals surface area (Å²) in [6.45, 7) is 3.87. The van der Waals surface area contributed by atoms with Gasteiger partial charge in [-0.05, 0) is 24.3 Å². The van der Waals surface area contributed by atoms with Crippen molar-refractivity contribution in [2.45, 2.75) is 6.54 Å². The van der Waals surface area contributed by atoms with Gasteiger partial charge in [0.25, 0.3) is 11.6 Å². The molecule has 8 heteroatoms. The minimum Gasteiger partial charge on any atom is -0.345 e. The largest absolute Gasteiger partial charge is 0.345 e. The van der Waals surface area contributed by atoms with Crippen molar-refractivity contribution in [3.8, 4) is 0 Å². The van der Waals surface area contributed by atoms with Crippen molar-refractivity contribution >= 4 is 38.4 Å². The minimum absolute atomic E-state index is 0.0353. The van der Waals surface area contributed by atoms with Gasteiger partial charge in [-0.1, -0.05) is 34.1 Å². The summed E-state index contributed by atoms with van der Waals surface area (Å²) in [5.74, 6) is -0.827. The van der Waals surface area contributed by atoms with Gasteiger partial charge in [0.1, 0.15) is 17.0 Å². The highest BCUT2D eigenvalue weighted by molar-refractivity contribution is 9.10. The van der Waals surface area contributed by atoms with Gasteiger partial charge in [0.15, 0.2) is 0 Å². The van der Waals surface area contributed by atoms with Crippen LogP contribution in [0.25, 0.3) is 10.9 Å². The predicted molar refractivity (Wildman–Crippen MR) is 104 cm³/mol. The first-order valence-electron chi connectivity index (χ1n) is 8.01. The highest BCUT2D eigenvalue weighted by Crippen LogP contribution is 2.26. The molecule has 0 spiro atoms. The van der Waals surface area contributed by atoms with Crippen LogP contribution in [0.5, 0.6) is 0 Å². The first-order valence-corrected chi connectivity index (χ1v) is 8.80. The molecule has 0 radical (unpaired) electrons. The normalized spacial score (nSPS) is 10.7. The van der Waals surface area contributed by atoms with Gasteiger partial charge in [-0.2, -0.15) is 0 Å². The number of carbonyl (C=O) groups excluding carboxylic acids is 1. The highest BCUT2D eigenvalue weighted by atomic mass is 79.9. The Morgan fingerprint density at radius 3 is 2.81 bits per heavy atom. The number of rotatable bonds is 6. The average Bonchev–Trinajstić information content (AvgIpc) is 3.07. The lowest BCUT2D eigenvalue weighted by Gasteiger charge is -2.21. The third-order valence-corrected chi connectivity index (χ3v) is 4.56. The van der Waals surface area contributed by atoms with Crippen LogP contribution in [0.2, 0.25) is 0 Å². The van der Waals surface area contributed by atoms with Crippen LogP contribution < -0.4 is 0 Å². The fourth-order valence-corrected chi connectivity index (χ4v) is 3.23. The molecule has 0 saturated carbocycles. The first kappa shape index (κ1) is 18.8. The molecule has 2 aromatic carbocycles. The number of nitro benzene ring substituents is 1. The van der Waals surface area contributed by atoms with Gasteiger partial charge >= 0.3 is 0 Å². The quantitative estimate of drug-likeness (QED) is 0.345. The summed E-state index contributed by atoms with van der Waals surface area (Å²) in [5.41, 5.74) is 0.705. The van der Waals surface area contributed by atoms with E-state index in [2.05, 4.69) is 27.5 Å². The highest BCUT2D eigenvalue weighted by Gasteiger charge is 2.21. The molecule has 3 rings (SSSR count). The number of aromatic nitrogens is 1. The third-order valence-electron chi connectivity index (χ3n) is 4.07. The van der Waals surface area contributed by atoms with Gasteiger partial charge in [0, 0.05) is 34.6 Å². The smallest absolute Gasteiger partial charge is 0.293 e. The summed E-state index contributed by atoms with van der Waals surface area (Å²) in [5, 5.41) is 11.7. The molecule has 27 heavy (non-hydrogen) atoms. The molecule has 6 nitrogen and oxygen atoms in total. The zero-order valence-corrected chi connectivity index (χ0v) is 15.7. The molecule has 0 unspecified atom stereocenters. The van der Waals surface area contributed by atoms with E-state index in [1.807, 2.05) is 0 Å². The Bertz CT molecular complexity index is 1050. The maximum atomic E-state index is 14.1. The molecule has 1 heterocycles. The molecule has 0 bridgehead atoms. The first-order chi connectivity index (χ1) is 12.9. The van der Waals surface area contributed by atoms with E-state index < -0.39 is 16.6 Å². The Labute approximate surface area is 162 Å². The van der Waals surface area contributed by atoms with Gasteiger partial charge < -0.3 is 9.88 Å². The van der Waals surface area contributed by atoms with E-state index in [0.717, 1.165) is 0 Å². The van der Waals surface area contributed by atoms with Crippen LogP contribution in [-0.4, -0.2) is 27.3 Å². The second kappa shape index (κ2) is 7.71. The topological polar surface area (TPSA) is 79.2 Å². The number of aromatic amines is 1. The zero-order chi connectivity index (χ0) is 19.6. The van der Waals surface area contributed by atoms with E-state index in [-0.39, 0.29) is 30.0 Å². The Morgan fingerprint density at radius 1 is 1.33 bits per heavy atom. The van der Waals surface area contributed by atoms with Crippen LogP contribution in [0, 0.1) is 15.9 Å². The van der Waals surface area contributed by atoms with E-state index in [4.69, 9.17) is 0 Å². The van der Waals surface area contributed by atoms with E-state index in [9.17, 15) is 19.3 Å². The van der Waals surface area contributed by atoms with Crippen LogP contribution in [0.1, 0.15) is 16.1 Å². The average molecular weight is 432 g/mol.